The van der Waals surface area contributed by atoms with Gasteiger partial charge in [0.1, 0.15) is 23.5 Å². The molecule has 10 nitrogen and oxygen atoms in total. The SMILES string of the molecule is CC(C)(N[C@H](COCc1ccc(Cl)cc1Cl)C(=O)N1CCC2=NN(CC(F)(F)F)C(=O)[C@]2(Cc2ccccn2)C1)C(=O)O. The lowest BCUT2D eigenvalue weighted by molar-refractivity contribution is -0.164. The van der Waals surface area contributed by atoms with Crippen LogP contribution in [0, 0.1) is 5.41 Å². The van der Waals surface area contributed by atoms with Gasteiger partial charge in [0.25, 0.3) is 5.91 Å². The number of pyridine rings is 1. The molecule has 2 aromatic rings. The molecule has 15 heteroatoms. The van der Waals surface area contributed by atoms with Crippen molar-refractivity contribution in [1.29, 1.82) is 0 Å². The molecule has 2 N–H and O–H groups in total. The summed E-state index contributed by atoms with van der Waals surface area (Å²) >= 11 is 12.2. The van der Waals surface area contributed by atoms with Gasteiger partial charge in [-0.05, 0) is 43.7 Å². The number of carbonyl (C=O) groups is 3. The Kier molecular flexibility index (Phi) is 9.69. The van der Waals surface area contributed by atoms with E-state index >= 15 is 0 Å². The first-order valence-electron chi connectivity index (χ1n) is 13.3. The van der Waals surface area contributed by atoms with Gasteiger partial charge in [-0.15, -0.1) is 0 Å². The lowest BCUT2D eigenvalue weighted by Gasteiger charge is -2.41. The molecule has 2 aliphatic rings. The first-order chi connectivity index (χ1) is 20.1. The average molecular weight is 644 g/mol. The smallest absolute Gasteiger partial charge is 0.408 e. The maximum Gasteiger partial charge on any atom is 0.408 e. The number of nitrogens with one attached hydrogen (secondary N) is 1. The summed E-state index contributed by atoms with van der Waals surface area (Å²) in [6.07, 6.45) is -3.22. The van der Waals surface area contributed by atoms with Crippen LogP contribution in [0.5, 0.6) is 0 Å². The highest BCUT2D eigenvalue weighted by Gasteiger charge is 2.56. The van der Waals surface area contributed by atoms with Crippen LogP contribution in [-0.2, 0) is 32.1 Å². The Morgan fingerprint density at radius 2 is 1.95 bits per heavy atom. The maximum atomic E-state index is 13.9. The molecule has 0 spiro atoms. The average Bonchev–Trinajstić information content (AvgIpc) is 3.18. The summed E-state index contributed by atoms with van der Waals surface area (Å²) in [5.41, 5.74) is -1.86. The van der Waals surface area contributed by atoms with E-state index in [0.29, 0.717) is 26.3 Å². The van der Waals surface area contributed by atoms with Crippen LogP contribution in [-0.4, -0.2) is 87.5 Å². The third-order valence-electron chi connectivity index (χ3n) is 7.29. The zero-order chi connectivity index (χ0) is 31.6. The number of fused-ring (bicyclic) bond motifs is 1. The van der Waals surface area contributed by atoms with Gasteiger partial charge in [0.2, 0.25) is 5.91 Å². The summed E-state index contributed by atoms with van der Waals surface area (Å²) in [4.78, 5) is 45.0. The lowest BCUT2D eigenvalue weighted by atomic mass is 9.74. The van der Waals surface area contributed by atoms with Gasteiger partial charge in [0.05, 0.1) is 18.9 Å². The van der Waals surface area contributed by atoms with Crippen molar-refractivity contribution in [3.63, 3.8) is 0 Å². The van der Waals surface area contributed by atoms with Crippen LogP contribution in [0.1, 0.15) is 31.5 Å². The molecule has 232 valence electrons. The van der Waals surface area contributed by atoms with E-state index in [-0.39, 0.29) is 44.9 Å². The Labute approximate surface area is 255 Å². The van der Waals surface area contributed by atoms with Crippen molar-refractivity contribution in [2.75, 3.05) is 26.2 Å². The topological polar surface area (TPSA) is 124 Å². The molecule has 0 radical (unpaired) electrons. The number of hydrogen-bond donors (Lipinski definition) is 2. The Morgan fingerprint density at radius 1 is 1.21 bits per heavy atom. The van der Waals surface area contributed by atoms with E-state index in [4.69, 9.17) is 27.9 Å². The van der Waals surface area contributed by atoms with E-state index in [2.05, 4.69) is 15.4 Å². The van der Waals surface area contributed by atoms with Crippen LogP contribution < -0.4 is 5.32 Å². The van der Waals surface area contributed by atoms with E-state index in [9.17, 15) is 32.7 Å². The predicted octanol–water partition coefficient (Wildman–Crippen LogP) is 3.95. The van der Waals surface area contributed by atoms with Crippen LogP contribution in [0.15, 0.2) is 47.7 Å². The lowest BCUT2D eigenvalue weighted by Crippen LogP contribution is -2.62. The number of halogens is 5. The molecule has 1 aromatic heterocycles. The van der Waals surface area contributed by atoms with Crippen LogP contribution in [0.3, 0.4) is 0 Å². The van der Waals surface area contributed by atoms with Gasteiger partial charge in [0.15, 0.2) is 0 Å². The molecular weight excluding hydrogens is 614 g/mol. The van der Waals surface area contributed by atoms with Crippen LogP contribution >= 0.6 is 23.2 Å². The van der Waals surface area contributed by atoms with Crippen molar-refractivity contribution in [2.45, 2.75) is 51.1 Å². The Morgan fingerprint density at radius 3 is 2.58 bits per heavy atom. The number of carbonyl (C=O) groups excluding carboxylic acids is 2. The first-order valence-corrected chi connectivity index (χ1v) is 14.0. The number of hydrogen-bond acceptors (Lipinski definition) is 7. The standard InChI is InChI=1S/C28H30Cl2F3N5O5/c1-26(2,25(41)42)35-21(14-43-13-17-6-7-18(29)11-20(17)30)23(39)37-10-8-22-27(15-37,12-19-5-3-4-9-34-19)24(40)38(36-22)16-28(31,32)33/h3-7,9,11,21,35H,8,10,12-16H2,1-2H3,(H,41,42)/t21-,27-/m1/s1. The van der Waals surface area contributed by atoms with Crippen LogP contribution in [0.25, 0.3) is 0 Å². The Hall–Kier alpha value is -3.26. The van der Waals surface area contributed by atoms with Gasteiger partial charge in [-0.2, -0.15) is 18.3 Å². The van der Waals surface area contributed by atoms with Crippen LogP contribution in [0.2, 0.25) is 10.0 Å². The number of nitrogens with zero attached hydrogens (tertiary/aromatic N) is 4. The number of ether oxygens (including phenoxy) is 1. The Balaban J connectivity index is 1.60. The fourth-order valence-corrected chi connectivity index (χ4v) is 5.54. The zero-order valence-electron chi connectivity index (χ0n) is 23.3. The molecule has 4 rings (SSSR count). The van der Waals surface area contributed by atoms with Crippen molar-refractivity contribution < 1.29 is 37.4 Å². The highest BCUT2D eigenvalue weighted by atomic mass is 35.5. The predicted molar refractivity (Wildman–Crippen MR) is 152 cm³/mol. The number of likely N-dealkylation sites (tertiary alicyclic amines) is 1. The normalized spacial score (nSPS) is 19.7. The fourth-order valence-electron chi connectivity index (χ4n) is 5.08. The molecule has 43 heavy (non-hydrogen) atoms. The third-order valence-corrected chi connectivity index (χ3v) is 7.88. The van der Waals surface area contributed by atoms with E-state index in [1.165, 1.54) is 31.0 Å². The zero-order valence-corrected chi connectivity index (χ0v) is 24.8. The van der Waals surface area contributed by atoms with Gasteiger partial charge in [0, 0.05) is 47.9 Å². The Bertz CT molecular complexity index is 1410. The maximum absolute atomic E-state index is 13.9. The minimum absolute atomic E-state index is 0.0136. The number of carboxylic acid groups (broad SMARTS) is 1. The van der Waals surface area contributed by atoms with Gasteiger partial charge in [-0.3, -0.25) is 24.7 Å². The second-order valence-corrected chi connectivity index (χ2v) is 11.8. The molecule has 2 amide bonds. The number of benzene rings is 1. The fraction of sp³-hybridized carbons (Fsp3) is 0.464. The van der Waals surface area contributed by atoms with Gasteiger partial charge >= 0.3 is 12.1 Å². The molecule has 0 saturated carbocycles. The monoisotopic (exact) mass is 643 g/mol. The molecule has 0 unspecified atom stereocenters. The minimum atomic E-state index is -4.68. The molecule has 0 aliphatic carbocycles. The number of rotatable bonds is 11. The second kappa shape index (κ2) is 12.8. The summed E-state index contributed by atoms with van der Waals surface area (Å²) in [5, 5.41) is 17.7. The second-order valence-electron chi connectivity index (χ2n) is 11.0. The van der Waals surface area contributed by atoms with Crippen molar-refractivity contribution in [1.82, 2.24) is 20.2 Å². The van der Waals surface area contributed by atoms with Gasteiger partial charge in [-0.25, -0.2) is 5.01 Å². The highest BCUT2D eigenvalue weighted by molar-refractivity contribution is 6.35. The van der Waals surface area contributed by atoms with Crippen molar-refractivity contribution in [3.8, 4) is 0 Å². The molecule has 2 aliphatic heterocycles. The first kappa shape index (κ1) is 32.6. The molecule has 1 saturated heterocycles. The van der Waals surface area contributed by atoms with Crippen LogP contribution in [0.4, 0.5) is 13.2 Å². The number of aliphatic carboxylic acids is 1. The van der Waals surface area contributed by atoms with E-state index < -0.39 is 47.5 Å². The summed E-state index contributed by atoms with van der Waals surface area (Å²) in [6, 6.07) is 8.61. The molecule has 2 atom stereocenters. The number of piperidine rings is 1. The number of aromatic nitrogens is 1. The summed E-state index contributed by atoms with van der Waals surface area (Å²) in [6.45, 7) is 0.682. The van der Waals surface area contributed by atoms with E-state index in [1.54, 1.807) is 30.3 Å². The number of alkyl halides is 3. The number of carboxylic acids is 1. The molecule has 1 fully saturated rings. The van der Waals surface area contributed by atoms with E-state index in [0.717, 1.165) is 0 Å². The number of amides is 2. The van der Waals surface area contributed by atoms with Crippen molar-refractivity contribution in [2.24, 2.45) is 10.5 Å². The molecule has 3 heterocycles. The van der Waals surface area contributed by atoms with Crippen molar-refractivity contribution in [3.05, 3.63) is 63.9 Å². The number of hydrazone groups is 1. The summed E-state index contributed by atoms with van der Waals surface area (Å²) in [7, 11) is 0. The molecule has 0 bridgehead atoms. The van der Waals surface area contributed by atoms with Crippen molar-refractivity contribution >= 4 is 46.7 Å². The molecular formula is C28H30Cl2F3N5O5. The highest BCUT2D eigenvalue weighted by Crippen LogP contribution is 2.39. The molecule has 1 aromatic carbocycles. The van der Waals surface area contributed by atoms with E-state index in [1.807, 2.05) is 0 Å². The summed E-state index contributed by atoms with van der Waals surface area (Å²) < 4.78 is 45.7. The largest absolute Gasteiger partial charge is 0.480 e. The van der Waals surface area contributed by atoms with Gasteiger partial charge in [-0.1, -0.05) is 35.3 Å². The minimum Gasteiger partial charge on any atom is -0.480 e. The third kappa shape index (κ3) is 7.64. The van der Waals surface area contributed by atoms with Gasteiger partial charge < -0.3 is 14.7 Å². The summed E-state index contributed by atoms with van der Waals surface area (Å²) in [5.74, 6) is -2.69. The quantitative estimate of drug-likeness (QED) is 0.380.